The SMILES string of the molecule is CCOC(=O)/C(C#N)=C/Nc1nc(-c2ccc(Cl)s2)cs1. The number of nitrogens with zero attached hydrogens (tertiary/aromatic N) is 2. The van der Waals surface area contributed by atoms with Crippen LogP contribution in [-0.2, 0) is 9.53 Å². The van der Waals surface area contributed by atoms with Gasteiger partial charge in [0.1, 0.15) is 6.07 Å². The summed E-state index contributed by atoms with van der Waals surface area (Å²) in [4.78, 5) is 16.8. The number of hydrogen-bond acceptors (Lipinski definition) is 7. The van der Waals surface area contributed by atoms with E-state index in [2.05, 4.69) is 10.3 Å². The van der Waals surface area contributed by atoms with Gasteiger partial charge in [-0.1, -0.05) is 11.6 Å². The number of hydrogen-bond donors (Lipinski definition) is 1. The first-order valence-electron chi connectivity index (χ1n) is 5.89. The van der Waals surface area contributed by atoms with Crippen molar-refractivity contribution in [1.29, 1.82) is 5.26 Å². The molecule has 5 nitrogen and oxygen atoms in total. The minimum Gasteiger partial charge on any atom is -0.462 e. The third kappa shape index (κ3) is 4.04. The van der Waals surface area contributed by atoms with Crippen molar-refractivity contribution in [3.8, 4) is 16.6 Å². The Labute approximate surface area is 134 Å². The van der Waals surface area contributed by atoms with Gasteiger partial charge in [-0.3, -0.25) is 0 Å². The van der Waals surface area contributed by atoms with Gasteiger partial charge in [0.05, 0.1) is 21.5 Å². The molecule has 1 N–H and O–H groups in total. The third-order valence-electron chi connectivity index (χ3n) is 2.29. The Hall–Kier alpha value is -1.88. The van der Waals surface area contributed by atoms with Crippen molar-refractivity contribution in [1.82, 2.24) is 4.98 Å². The highest BCUT2D eigenvalue weighted by Gasteiger charge is 2.10. The molecule has 0 aliphatic heterocycles. The zero-order chi connectivity index (χ0) is 15.2. The Kier molecular flexibility index (Phi) is 5.33. The van der Waals surface area contributed by atoms with Crippen molar-refractivity contribution in [3.05, 3.63) is 33.6 Å². The summed E-state index contributed by atoms with van der Waals surface area (Å²) in [6.45, 7) is 1.90. The number of thiazole rings is 1. The Bertz CT molecular complexity index is 715. The van der Waals surface area contributed by atoms with E-state index in [0.29, 0.717) is 9.47 Å². The summed E-state index contributed by atoms with van der Waals surface area (Å²) in [6, 6.07) is 5.48. The van der Waals surface area contributed by atoms with E-state index in [-0.39, 0.29) is 12.2 Å². The van der Waals surface area contributed by atoms with Gasteiger partial charge in [0.25, 0.3) is 0 Å². The quantitative estimate of drug-likeness (QED) is 0.508. The molecular formula is C13H10ClN3O2S2. The molecule has 0 bridgehead atoms. The molecule has 2 aromatic rings. The standard InChI is InChI=1S/C13H10ClN3O2S2/c1-2-19-12(18)8(5-15)6-16-13-17-9(7-20-13)10-3-4-11(14)21-10/h3-4,6-7H,2H2,1H3,(H,16,17)/b8-6+. The topological polar surface area (TPSA) is 75.0 Å². The summed E-state index contributed by atoms with van der Waals surface area (Å²) < 4.78 is 5.46. The lowest BCUT2D eigenvalue weighted by Crippen LogP contribution is -2.07. The number of aromatic nitrogens is 1. The van der Waals surface area contributed by atoms with E-state index in [1.165, 1.54) is 28.9 Å². The number of carbonyl (C=O) groups is 1. The number of rotatable bonds is 5. The molecule has 0 fully saturated rings. The van der Waals surface area contributed by atoms with Crippen molar-refractivity contribution < 1.29 is 9.53 Å². The van der Waals surface area contributed by atoms with Crippen LogP contribution in [0.2, 0.25) is 4.34 Å². The average Bonchev–Trinajstić information content (AvgIpc) is 3.08. The first kappa shape index (κ1) is 15.5. The first-order valence-corrected chi connectivity index (χ1v) is 7.96. The minimum atomic E-state index is -0.658. The van der Waals surface area contributed by atoms with Gasteiger partial charge < -0.3 is 10.1 Å². The van der Waals surface area contributed by atoms with Crippen LogP contribution in [0.1, 0.15) is 6.92 Å². The second-order valence-electron chi connectivity index (χ2n) is 3.68. The van der Waals surface area contributed by atoms with E-state index < -0.39 is 5.97 Å². The summed E-state index contributed by atoms with van der Waals surface area (Å²) in [5.74, 6) is -0.658. The van der Waals surface area contributed by atoms with Crippen LogP contribution in [0, 0.1) is 11.3 Å². The maximum absolute atomic E-state index is 11.4. The van der Waals surface area contributed by atoms with Crippen molar-refractivity contribution in [2.45, 2.75) is 6.92 Å². The number of nitrogens with one attached hydrogen (secondary N) is 1. The number of ether oxygens (including phenoxy) is 1. The number of halogens is 1. The van der Waals surface area contributed by atoms with E-state index in [1.54, 1.807) is 13.0 Å². The molecule has 0 aliphatic rings. The zero-order valence-corrected chi connectivity index (χ0v) is 13.3. The third-order valence-corrected chi connectivity index (χ3v) is 4.31. The van der Waals surface area contributed by atoms with Crippen molar-refractivity contribution >= 4 is 45.4 Å². The maximum Gasteiger partial charge on any atom is 0.350 e. The van der Waals surface area contributed by atoms with Crippen LogP contribution in [0.4, 0.5) is 5.13 Å². The fraction of sp³-hybridized carbons (Fsp3) is 0.154. The lowest BCUT2D eigenvalue weighted by Gasteiger charge is -1.99. The van der Waals surface area contributed by atoms with Crippen molar-refractivity contribution in [2.24, 2.45) is 0 Å². The van der Waals surface area contributed by atoms with Crippen LogP contribution in [0.25, 0.3) is 10.6 Å². The van der Waals surface area contributed by atoms with Crippen LogP contribution in [0.3, 0.4) is 0 Å². The largest absolute Gasteiger partial charge is 0.462 e. The van der Waals surface area contributed by atoms with Crippen LogP contribution in [-0.4, -0.2) is 17.6 Å². The average molecular weight is 340 g/mol. The Morgan fingerprint density at radius 1 is 1.62 bits per heavy atom. The maximum atomic E-state index is 11.4. The second-order valence-corrected chi connectivity index (χ2v) is 6.25. The molecule has 0 saturated carbocycles. The molecule has 2 rings (SSSR count). The minimum absolute atomic E-state index is 0.104. The van der Waals surface area contributed by atoms with E-state index in [4.69, 9.17) is 21.6 Å². The molecule has 2 aromatic heterocycles. The van der Waals surface area contributed by atoms with Gasteiger partial charge in [-0.25, -0.2) is 9.78 Å². The summed E-state index contributed by atoms with van der Waals surface area (Å²) in [5.41, 5.74) is 0.690. The van der Waals surface area contributed by atoms with E-state index in [1.807, 2.05) is 17.5 Å². The fourth-order valence-electron chi connectivity index (χ4n) is 1.38. The Balaban J connectivity index is 2.09. The molecule has 8 heteroatoms. The number of esters is 1. The highest BCUT2D eigenvalue weighted by molar-refractivity contribution is 7.20. The molecule has 0 unspecified atom stereocenters. The molecule has 0 atom stereocenters. The number of anilines is 1. The molecule has 0 radical (unpaired) electrons. The van der Waals surface area contributed by atoms with Crippen LogP contribution in [0.15, 0.2) is 29.3 Å². The number of nitriles is 1. The lowest BCUT2D eigenvalue weighted by atomic mass is 10.3. The molecule has 0 aliphatic carbocycles. The summed E-state index contributed by atoms with van der Waals surface area (Å²) >= 11 is 8.69. The number of carbonyl (C=O) groups excluding carboxylic acids is 1. The van der Waals surface area contributed by atoms with Crippen molar-refractivity contribution in [3.63, 3.8) is 0 Å². The predicted octanol–water partition coefficient (Wildman–Crippen LogP) is 3.91. The van der Waals surface area contributed by atoms with Gasteiger partial charge in [-0.15, -0.1) is 22.7 Å². The molecule has 2 heterocycles. The number of thiophene rings is 1. The molecule has 108 valence electrons. The summed E-state index contributed by atoms with van der Waals surface area (Å²) in [5, 5.41) is 14.2. The highest BCUT2D eigenvalue weighted by Crippen LogP contribution is 2.32. The van der Waals surface area contributed by atoms with Gasteiger partial charge in [0.15, 0.2) is 10.7 Å². The Morgan fingerprint density at radius 2 is 2.43 bits per heavy atom. The molecular weight excluding hydrogens is 330 g/mol. The summed E-state index contributed by atoms with van der Waals surface area (Å²) in [7, 11) is 0. The van der Waals surface area contributed by atoms with E-state index in [0.717, 1.165) is 10.6 Å². The smallest absolute Gasteiger partial charge is 0.350 e. The monoisotopic (exact) mass is 339 g/mol. The molecule has 0 saturated heterocycles. The van der Waals surface area contributed by atoms with Gasteiger partial charge in [-0.05, 0) is 19.1 Å². The molecule has 0 spiro atoms. The zero-order valence-electron chi connectivity index (χ0n) is 10.9. The molecule has 0 aromatic carbocycles. The van der Waals surface area contributed by atoms with Crippen LogP contribution in [0.5, 0.6) is 0 Å². The highest BCUT2D eigenvalue weighted by atomic mass is 35.5. The van der Waals surface area contributed by atoms with Crippen molar-refractivity contribution in [2.75, 3.05) is 11.9 Å². The van der Waals surface area contributed by atoms with Gasteiger partial charge in [0, 0.05) is 11.6 Å². The fourth-order valence-corrected chi connectivity index (χ4v) is 3.14. The first-order chi connectivity index (χ1) is 10.1. The normalized spacial score (nSPS) is 11.0. The summed E-state index contributed by atoms with van der Waals surface area (Å²) in [6.07, 6.45) is 1.29. The van der Waals surface area contributed by atoms with Gasteiger partial charge in [-0.2, -0.15) is 5.26 Å². The lowest BCUT2D eigenvalue weighted by molar-refractivity contribution is -0.138. The molecule has 0 amide bonds. The predicted molar refractivity (Wildman–Crippen MR) is 84.4 cm³/mol. The van der Waals surface area contributed by atoms with E-state index >= 15 is 0 Å². The van der Waals surface area contributed by atoms with Gasteiger partial charge >= 0.3 is 5.97 Å². The van der Waals surface area contributed by atoms with Crippen LogP contribution < -0.4 is 5.32 Å². The Morgan fingerprint density at radius 3 is 3.05 bits per heavy atom. The van der Waals surface area contributed by atoms with E-state index in [9.17, 15) is 4.79 Å². The molecule has 21 heavy (non-hydrogen) atoms. The second kappa shape index (κ2) is 7.22. The van der Waals surface area contributed by atoms with Gasteiger partial charge in [0.2, 0.25) is 0 Å². The van der Waals surface area contributed by atoms with Crippen LogP contribution >= 0.6 is 34.3 Å².